The Bertz CT molecular complexity index is 113. The Hall–Kier alpha value is 0.270. The van der Waals surface area contributed by atoms with E-state index in [4.69, 9.17) is 4.74 Å². The minimum Gasteiger partial charge on any atom is -0.392 e. The van der Waals surface area contributed by atoms with Gasteiger partial charge in [-0.2, -0.15) is 11.8 Å². The van der Waals surface area contributed by atoms with E-state index in [2.05, 4.69) is 0 Å². The Balaban J connectivity index is 1.94. The summed E-state index contributed by atoms with van der Waals surface area (Å²) in [5.74, 6) is 1.91. The van der Waals surface area contributed by atoms with Crippen LogP contribution in [0.5, 0.6) is 0 Å². The lowest BCUT2D eigenvalue weighted by molar-refractivity contribution is 0.128. The first-order valence-corrected chi connectivity index (χ1v) is 5.85. The third kappa shape index (κ3) is 3.78. The SMILES string of the molecule is CCC(O)CSCC1CCCO1. The number of ether oxygens (including phenoxy) is 1. The Morgan fingerprint density at radius 3 is 3.08 bits per heavy atom. The van der Waals surface area contributed by atoms with Crippen LogP contribution < -0.4 is 0 Å². The van der Waals surface area contributed by atoms with Gasteiger partial charge in [0.2, 0.25) is 0 Å². The molecule has 1 N–H and O–H groups in total. The van der Waals surface area contributed by atoms with Gasteiger partial charge in [-0.15, -0.1) is 0 Å². The van der Waals surface area contributed by atoms with Crippen LogP contribution in [0, 0.1) is 0 Å². The molecule has 0 radical (unpaired) electrons. The van der Waals surface area contributed by atoms with Crippen molar-refractivity contribution < 1.29 is 9.84 Å². The Kier molecular flexibility index (Phi) is 5.04. The Morgan fingerprint density at radius 2 is 2.50 bits per heavy atom. The van der Waals surface area contributed by atoms with Crippen molar-refractivity contribution in [3.05, 3.63) is 0 Å². The third-order valence-corrected chi connectivity index (χ3v) is 3.34. The highest BCUT2D eigenvalue weighted by atomic mass is 32.2. The van der Waals surface area contributed by atoms with Gasteiger partial charge in [-0.05, 0) is 19.3 Å². The molecule has 1 saturated heterocycles. The highest BCUT2D eigenvalue weighted by Crippen LogP contribution is 2.17. The molecule has 72 valence electrons. The van der Waals surface area contributed by atoms with E-state index >= 15 is 0 Å². The van der Waals surface area contributed by atoms with Crippen molar-refractivity contribution in [1.82, 2.24) is 0 Å². The minimum absolute atomic E-state index is 0.128. The second-order valence-electron chi connectivity index (χ2n) is 3.23. The average Bonchev–Trinajstić information content (AvgIpc) is 2.57. The molecule has 1 aliphatic heterocycles. The largest absolute Gasteiger partial charge is 0.392 e. The van der Waals surface area contributed by atoms with Gasteiger partial charge in [-0.25, -0.2) is 0 Å². The molecule has 1 rings (SSSR count). The van der Waals surface area contributed by atoms with Gasteiger partial charge in [0.05, 0.1) is 12.2 Å². The molecule has 0 saturated carbocycles. The predicted octanol–water partition coefficient (Wildman–Crippen LogP) is 1.67. The summed E-state index contributed by atoms with van der Waals surface area (Å²) >= 11 is 1.81. The van der Waals surface area contributed by atoms with Crippen molar-refractivity contribution in [2.24, 2.45) is 0 Å². The van der Waals surface area contributed by atoms with Crippen LogP contribution in [-0.4, -0.2) is 35.4 Å². The summed E-state index contributed by atoms with van der Waals surface area (Å²) in [7, 11) is 0. The maximum Gasteiger partial charge on any atom is 0.0666 e. The number of thioether (sulfide) groups is 1. The molecular formula is C9H18O2S. The quantitative estimate of drug-likeness (QED) is 0.715. The molecular weight excluding hydrogens is 172 g/mol. The van der Waals surface area contributed by atoms with Crippen molar-refractivity contribution in [1.29, 1.82) is 0 Å². The van der Waals surface area contributed by atoms with Gasteiger partial charge >= 0.3 is 0 Å². The molecule has 2 atom stereocenters. The summed E-state index contributed by atoms with van der Waals surface area (Å²) in [6, 6.07) is 0. The van der Waals surface area contributed by atoms with E-state index in [-0.39, 0.29) is 6.10 Å². The van der Waals surface area contributed by atoms with Crippen LogP contribution >= 0.6 is 11.8 Å². The molecule has 1 aliphatic rings. The van der Waals surface area contributed by atoms with E-state index in [1.807, 2.05) is 18.7 Å². The summed E-state index contributed by atoms with van der Waals surface area (Å²) in [6.07, 6.45) is 3.60. The molecule has 0 aromatic carbocycles. The number of rotatable bonds is 5. The highest BCUT2D eigenvalue weighted by Gasteiger charge is 2.15. The summed E-state index contributed by atoms with van der Waals surface area (Å²) in [4.78, 5) is 0. The van der Waals surface area contributed by atoms with Crippen molar-refractivity contribution in [3.8, 4) is 0 Å². The lowest BCUT2D eigenvalue weighted by Gasteiger charge is -2.10. The average molecular weight is 190 g/mol. The first-order chi connectivity index (χ1) is 5.83. The van der Waals surface area contributed by atoms with Crippen LogP contribution in [0.3, 0.4) is 0 Å². The van der Waals surface area contributed by atoms with E-state index in [1.54, 1.807) is 0 Å². The molecule has 0 aliphatic carbocycles. The van der Waals surface area contributed by atoms with Crippen molar-refractivity contribution in [2.45, 2.75) is 38.4 Å². The molecule has 1 heterocycles. The fourth-order valence-electron chi connectivity index (χ4n) is 1.23. The zero-order valence-corrected chi connectivity index (χ0v) is 8.48. The summed E-state index contributed by atoms with van der Waals surface area (Å²) in [5, 5.41) is 9.27. The van der Waals surface area contributed by atoms with Crippen molar-refractivity contribution >= 4 is 11.8 Å². The van der Waals surface area contributed by atoms with Crippen molar-refractivity contribution in [3.63, 3.8) is 0 Å². The molecule has 12 heavy (non-hydrogen) atoms. The summed E-state index contributed by atoms with van der Waals surface area (Å²) < 4.78 is 5.47. The first kappa shape index (κ1) is 10.4. The molecule has 2 nitrogen and oxygen atoms in total. The van der Waals surface area contributed by atoms with Gasteiger partial charge in [0.1, 0.15) is 0 Å². The van der Waals surface area contributed by atoms with Crippen molar-refractivity contribution in [2.75, 3.05) is 18.1 Å². The van der Waals surface area contributed by atoms with Crippen LogP contribution in [0.25, 0.3) is 0 Å². The Morgan fingerprint density at radius 1 is 1.67 bits per heavy atom. The lowest BCUT2D eigenvalue weighted by Crippen LogP contribution is -2.13. The van der Waals surface area contributed by atoms with Gasteiger partial charge in [-0.3, -0.25) is 0 Å². The van der Waals surface area contributed by atoms with E-state index in [9.17, 15) is 5.11 Å². The molecule has 0 amide bonds. The zero-order valence-electron chi connectivity index (χ0n) is 7.66. The van der Waals surface area contributed by atoms with Crippen LogP contribution in [-0.2, 0) is 4.74 Å². The molecule has 0 spiro atoms. The van der Waals surface area contributed by atoms with E-state index in [1.165, 1.54) is 12.8 Å². The fourth-order valence-corrected chi connectivity index (χ4v) is 2.40. The molecule has 0 aromatic rings. The van der Waals surface area contributed by atoms with Gasteiger partial charge in [0, 0.05) is 18.1 Å². The second-order valence-corrected chi connectivity index (χ2v) is 4.31. The summed E-state index contributed by atoms with van der Waals surface area (Å²) in [5.41, 5.74) is 0. The second kappa shape index (κ2) is 5.84. The molecule has 2 unspecified atom stereocenters. The standard InChI is InChI=1S/C9H18O2S/c1-2-8(10)6-12-7-9-4-3-5-11-9/h8-10H,2-7H2,1H3. The van der Waals surface area contributed by atoms with E-state index in [0.717, 1.165) is 24.5 Å². The topological polar surface area (TPSA) is 29.5 Å². The van der Waals surface area contributed by atoms with Gasteiger partial charge in [0.25, 0.3) is 0 Å². The maximum atomic E-state index is 9.27. The smallest absolute Gasteiger partial charge is 0.0666 e. The normalized spacial score (nSPS) is 26.0. The number of hydrogen-bond acceptors (Lipinski definition) is 3. The van der Waals surface area contributed by atoms with E-state index in [0.29, 0.717) is 6.10 Å². The minimum atomic E-state index is -0.128. The monoisotopic (exact) mass is 190 g/mol. The molecule has 0 bridgehead atoms. The number of hydrogen-bond donors (Lipinski definition) is 1. The fraction of sp³-hybridized carbons (Fsp3) is 1.00. The Labute approximate surface area is 78.7 Å². The van der Waals surface area contributed by atoms with Crippen LogP contribution in [0.4, 0.5) is 0 Å². The van der Waals surface area contributed by atoms with Crippen LogP contribution in [0.1, 0.15) is 26.2 Å². The molecule has 1 fully saturated rings. The zero-order chi connectivity index (χ0) is 8.81. The van der Waals surface area contributed by atoms with Gasteiger partial charge in [0.15, 0.2) is 0 Å². The predicted molar refractivity (Wildman–Crippen MR) is 52.6 cm³/mol. The number of aliphatic hydroxyl groups is 1. The van der Waals surface area contributed by atoms with Gasteiger partial charge in [-0.1, -0.05) is 6.92 Å². The maximum absolute atomic E-state index is 9.27. The van der Waals surface area contributed by atoms with Crippen LogP contribution in [0.2, 0.25) is 0 Å². The summed E-state index contributed by atoms with van der Waals surface area (Å²) in [6.45, 7) is 2.94. The first-order valence-electron chi connectivity index (χ1n) is 4.70. The van der Waals surface area contributed by atoms with Gasteiger partial charge < -0.3 is 9.84 Å². The lowest BCUT2D eigenvalue weighted by atomic mass is 10.3. The van der Waals surface area contributed by atoms with E-state index < -0.39 is 0 Å². The number of aliphatic hydroxyl groups excluding tert-OH is 1. The third-order valence-electron chi connectivity index (χ3n) is 2.11. The molecule has 3 heteroatoms. The van der Waals surface area contributed by atoms with Crippen LogP contribution in [0.15, 0.2) is 0 Å². The molecule has 0 aromatic heterocycles. The highest BCUT2D eigenvalue weighted by molar-refractivity contribution is 7.99.